The molecule has 4 aromatic rings. The van der Waals surface area contributed by atoms with E-state index in [1.165, 1.54) is 11.3 Å². The van der Waals surface area contributed by atoms with Crippen LogP contribution in [0.15, 0.2) is 65.4 Å². The number of nitrogens with zero attached hydrogens (tertiary/aromatic N) is 5. The van der Waals surface area contributed by atoms with Crippen LogP contribution in [0.3, 0.4) is 0 Å². The van der Waals surface area contributed by atoms with Gasteiger partial charge in [0.2, 0.25) is 5.91 Å². The van der Waals surface area contributed by atoms with Crippen LogP contribution in [-0.2, 0) is 10.5 Å². The Hall–Kier alpha value is -2.97. The minimum Gasteiger partial charge on any atom is -0.277 e. The summed E-state index contributed by atoms with van der Waals surface area (Å²) in [5, 5.41) is 11.7. The number of amides is 1. The molecule has 0 N–H and O–H groups in total. The summed E-state index contributed by atoms with van der Waals surface area (Å²) in [6, 6.07) is 16.0. The maximum Gasteiger partial charge on any atom is 0.230 e. The van der Waals surface area contributed by atoms with Crippen molar-refractivity contribution in [2.45, 2.75) is 31.7 Å². The molecule has 0 aliphatic carbocycles. The number of para-hydroxylation sites is 1. The van der Waals surface area contributed by atoms with Crippen LogP contribution in [0, 0.1) is 13.8 Å². The van der Waals surface area contributed by atoms with Crippen LogP contribution in [0.5, 0.6) is 0 Å². The quantitative estimate of drug-likeness (QED) is 0.384. The van der Waals surface area contributed by atoms with Gasteiger partial charge in [-0.25, -0.2) is 4.98 Å². The number of anilines is 2. The first-order valence-electron chi connectivity index (χ1n) is 9.44. The van der Waals surface area contributed by atoms with E-state index in [0.29, 0.717) is 10.9 Å². The van der Waals surface area contributed by atoms with Gasteiger partial charge in [0.15, 0.2) is 10.3 Å². The number of hydrogen-bond donors (Lipinski definition) is 0. The number of thioether (sulfide) groups is 1. The van der Waals surface area contributed by atoms with Gasteiger partial charge in [-0.2, -0.15) is 0 Å². The van der Waals surface area contributed by atoms with Crippen molar-refractivity contribution in [2.75, 3.05) is 4.90 Å². The van der Waals surface area contributed by atoms with Crippen molar-refractivity contribution >= 4 is 39.8 Å². The highest BCUT2D eigenvalue weighted by molar-refractivity contribution is 7.98. The first kappa shape index (κ1) is 20.3. The van der Waals surface area contributed by atoms with Gasteiger partial charge in [0.05, 0.1) is 11.4 Å². The highest BCUT2D eigenvalue weighted by atomic mass is 32.2. The van der Waals surface area contributed by atoms with Crippen LogP contribution in [0.2, 0.25) is 0 Å². The normalized spacial score (nSPS) is 10.9. The van der Waals surface area contributed by atoms with E-state index in [4.69, 9.17) is 4.98 Å². The number of thiazole rings is 1. The molecule has 0 radical (unpaired) electrons. The van der Waals surface area contributed by atoms with E-state index in [2.05, 4.69) is 10.2 Å². The number of hydrogen-bond acceptors (Lipinski definition) is 6. The van der Waals surface area contributed by atoms with Crippen LogP contribution in [0.4, 0.5) is 10.8 Å². The van der Waals surface area contributed by atoms with Crippen LogP contribution in [0.25, 0.3) is 5.69 Å². The molecule has 0 fully saturated rings. The predicted molar refractivity (Wildman–Crippen MR) is 122 cm³/mol. The van der Waals surface area contributed by atoms with E-state index in [1.807, 2.05) is 72.3 Å². The Labute approximate surface area is 183 Å². The zero-order valence-electron chi connectivity index (χ0n) is 16.9. The Balaban J connectivity index is 1.54. The summed E-state index contributed by atoms with van der Waals surface area (Å²) < 4.78 is 1.95. The third kappa shape index (κ3) is 4.15. The molecule has 4 rings (SSSR count). The summed E-state index contributed by atoms with van der Waals surface area (Å²) in [4.78, 5) is 18.8. The Morgan fingerprint density at radius 3 is 2.70 bits per heavy atom. The third-order valence-electron chi connectivity index (χ3n) is 4.76. The van der Waals surface area contributed by atoms with Gasteiger partial charge in [-0.05, 0) is 43.2 Å². The number of aromatic nitrogens is 4. The fourth-order valence-corrected chi connectivity index (χ4v) is 4.88. The first-order valence-corrected chi connectivity index (χ1v) is 11.3. The molecular weight excluding hydrogens is 414 g/mol. The largest absolute Gasteiger partial charge is 0.277 e. The molecule has 0 unspecified atom stereocenters. The molecule has 0 aliphatic heterocycles. The molecule has 0 saturated carbocycles. The van der Waals surface area contributed by atoms with Crippen molar-refractivity contribution in [3.05, 3.63) is 77.1 Å². The number of benzene rings is 2. The molecule has 0 atom stereocenters. The molecule has 1 amide bonds. The van der Waals surface area contributed by atoms with E-state index in [-0.39, 0.29) is 5.91 Å². The Morgan fingerprint density at radius 2 is 1.93 bits per heavy atom. The fraction of sp³-hybridized carbons (Fsp3) is 0.182. The van der Waals surface area contributed by atoms with Crippen molar-refractivity contribution in [1.82, 2.24) is 19.7 Å². The molecule has 30 heavy (non-hydrogen) atoms. The molecule has 2 aromatic carbocycles. The van der Waals surface area contributed by atoms with Gasteiger partial charge in [-0.1, -0.05) is 42.1 Å². The van der Waals surface area contributed by atoms with Gasteiger partial charge in [0, 0.05) is 23.7 Å². The Morgan fingerprint density at radius 1 is 1.13 bits per heavy atom. The highest BCUT2D eigenvalue weighted by Gasteiger charge is 2.20. The monoisotopic (exact) mass is 435 g/mol. The van der Waals surface area contributed by atoms with Gasteiger partial charge in [0.25, 0.3) is 0 Å². The van der Waals surface area contributed by atoms with Crippen molar-refractivity contribution in [3.8, 4) is 5.69 Å². The molecular formula is C22H21N5OS2. The minimum absolute atomic E-state index is 0.0546. The third-order valence-corrected chi connectivity index (χ3v) is 6.61. The zero-order chi connectivity index (χ0) is 21.1. The van der Waals surface area contributed by atoms with Gasteiger partial charge in [0.1, 0.15) is 6.33 Å². The van der Waals surface area contributed by atoms with Gasteiger partial charge >= 0.3 is 0 Å². The van der Waals surface area contributed by atoms with Crippen LogP contribution in [-0.4, -0.2) is 25.7 Å². The first-order chi connectivity index (χ1) is 14.5. The van der Waals surface area contributed by atoms with Gasteiger partial charge in [-0.15, -0.1) is 21.5 Å². The van der Waals surface area contributed by atoms with Crippen LogP contribution < -0.4 is 4.90 Å². The molecule has 2 heterocycles. The maximum atomic E-state index is 12.4. The Kier molecular flexibility index (Phi) is 5.96. The lowest BCUT2D eigenvalue weighted by Crippen LogP contribution is -2.23. The molecule has 2 aromatic heterocycles. The molecule has 6 nitrogen and oxygen atoms in total. The lowest BCUT2D eigenvalue weighted by atomic mass is 10.1. The van der Waals surface area contributed by atoms with E-state index < -0.39 is 0 Å². The summed E-state index contributed by atoms with van der Waals surface area (Å²) in [6.45, 7) is 5.64. The lowest BCUT2D eigenvalue weighted by molar-refractivity contribution is -0.115. The van der Waals surface area contributed by atoms with E-state index in [0.717, 1.165) is 33.4 Å². The fourth-order valence-electron chi connectivity index (χ4n) is 3.08. The molecule has 8 heteroatoms. The van der Waals surface area contributed by atoms with Crippen LogP contribution in [0.1, 0.15) is 23.7 Å². The lowest BCUT2D eigenvalue weighted by Gasteiger charge is -2.21. The van der Waals surface area contributed by atoms with E-state index >= 15 is 0 Å². The van der Waals surface area contributed by atoms with Gasteiger partial charge < -0.3 is 0 Å². The predicted octanol–water partition coefficient (Wildman–Crippen LogP) is 5.32. The standard InChI is InChI=1S/C22H21N5OS2/c1-15-8-7-11-20(16(15)2)27(17(3)28)21-24-18(12-29-21)13-30-22-25-23-14-26(22)19-9-5-4-6-10-19/h4-12,14H,13H2,1-3H3. The molecule has 0 bridgehead atoms. The minimum atomic E-state index is -0.0546. The number of aryl methyl sites for hydroxylation is 1. The number of carbonyl (C=O) groups excluding carboxylic acids is 1. The van der Waals surface area contributed by atoms with Crippen molar-refractivity contribution in [2.24, 2.45) is 0 Å². The zero-order valence-corrected chi connectivity index (χ0v) is 18.6. The van der Waals surface area contributed by atoms with Crippen molar-refractivity contribution < 1.29 is 4.79 Å². The number of rotatable bonds is 6. The summed E-state index contributed by atoms with van der Waals surface area (Å²) in [5.74, 6) is 0.585. The summed E-state index contributed by atoms with van der Waals surface area (Å²) in [5.41, 5.74) is 5.02. The SMILES string of the molecule is CC(=O)N(c1nc(CSc2nncn2-c2ccccc2)cs1)c1cccc(C)c1C. The molecule has 0 aliphatic rings. The highest BCUT2D eigenvalue weighted by Crippen LogP contribution is 2.33. The van der Waals surface area contributed by atoms with E-state index in [1.54, 1.807) is 29.9 Å². The maximum absolute atomic E-state index is 12.4. The second-order valence-electron chi connectivity index (χ2n) is 6.80. The second kappa shape index (κ2) is 8.81. The smallest absolute Gasteiger partial charge is 0.230 e. The topological polar surface area (TPSA) is 63.9 Å². The average Bonchev–Trinajstić information content (AvgIpc) is 3.40. The summed E-state index contributed by atoms with van der Waals surface area (Å²) >= 11 is 3.04. The number of carbonyl (C=O) groups is 1. The Bertz CT molecular complexity index is 1170. The van der Waals surface area contributed by atoms with Crippen molar-refractivity contribution in [1.29, 1.82) is 0 Å². The molecule has 0 spiro atoms. The molecule has 0 saturated heterocycles. The van der Waals surface area contributed by atoms with E-state index in [9.17, 15) is 4.79 Å². The summed E-state index contributed by atoms with van der Waals surface area (Å²) in [7, 11) is 0. The average molecular weight is 436 g/mol. The van der Waals surface area contributed by atoms with Gasteiger partial charge in [-0.3, -0.25) is 14.3 Å². The molecule has 152 valence electrons. The van der Waals surface area contributed by atoms with Crippen molar-refractivity contribution in [3.63, 3.8) is 0 Å². The summed E-state index contributed by atoms with van der Waals surface area (Å²) in [6.07, 6.45) is 1.71. The van der Waals surface area contributed by atoms with Crippen LogP contribution >= 0.6 is 23.1 Å². The second-order valence-corrected chi connectivity index (χ2v) is 8.58.